The highest BCUT2D eigenvalue weighted by Crippen LogP contribution is 2.17. The van der Waals surface area contributed by atoms with Crippen molar-refractivity contribution in [1.29, 1.82) is 0 Å². The molecule has 0 spiro atoms. The van der Waals surface area contributed by atoms with Crippen molar-refractivity contribution in [1.82, 2.24) is 15.1 Å². The van der Waals surface area contributed by atoms with Gasteiger partial charge in [-0.1, -0.05) is 30.3 Å². The van der Waals surface area contributed by atoms with E-state index in [2.05, 4.69) is 10.2 Å². The summed E-state index contributed by atoms with van der Waals surface area (Å²) in [5.74, 6) is 0. The van der Waals surface area contributed by atoms with Crippen molar-refractivity contribution in [2.24, 2.45) is 0 Å². The van der Waals surface area contributed by atoms with Gasteiger partial charge in [-0.05, 0) is 13.1 Å². The molecule has 19 heavy (non-hydrogen) atoms. The van der Waals surface area contributed by atoms with Crippen molar-refractivity contribution in [3.05, 3.63) is 42.1 Å². The number of nitrogens with zero attached hydrogens (tertiary/aromatic N) is 2. The van der Waals surface area contributed by atoms with Crippen LogP contribution >= 0.6 is 0 Å². The van der Waals surface area contributed by atoms with Crippen LogP contribution in [0.5, 0.6) is 0 Å². The van der Waals surface area contributed by atoms with E-state index in [0.717, 1.165) is 17.0 Å². The van der Waals surface area contributed by atoms with Gasteiger partial charge in [0.15, 0.2) is 0 Å². The van der Waals surface area contributed by atoms with E-state index in [1.54, 1.807) is 0 Å². The Morgan fingerprint density at radius 3 is 2.74 bits per heavy atom. The van der Waals surface area contributed by atoms with Crippen LogP contribution in [0.4, 0.5) is 0 Å². The van der Waals surface area contributed by atoms with Gasteiger partial charge in [-0.3, -0.25) is 10.00 Å². The van der Waals surface area contributed by atoms with Gasteiger partial charge < -0.3 is 10.2 Å². The Morgan fingerprint density at radius 1 is 1.32 bits per heavy atom. The fourth-order valence-corrected chi connectivity index (χ4v) is 1.97. The Morgan fingerprint density at radius 2 is 2.05 bits per heavy atom. The van der Waals surface area contributed by atoms with Crippen molar-refractivity contribution < 1.29 is 10.2 Å². The highest BCUT2D eigenvalue weighted by atomic mass is 16.3. The molecule has 0 aliphatic carbocycles. The zero-order valence-corrected chi connectivity index (χ0v) is 11.0. The molecule has 5 nitrogen and oxygen atoms in total. The molecule has 0 aliphatic heterocycles. The quantitative estimate of drug-likeness (QED) is 0.721. The summed E-state index contributed by atoms with van der Waals surface area (Å²) in [5.41, 5.74) is 2.96. The van der Waals surface area contributed by atoms with Crippen molar-refractivity contribution >= 4 is 0 Å². The lowest BCUT2D eigenvalue weighted by Gasteiger charge is -2.18. The molecular formula is C14H19N3O2. The first-order valence-electron chi connectivity index (χ1n) is 6.26. The first-order chi connectivity index (χ1) is 9.19. The van der Waals surface area contributed by atoms with E-state index in [1.807, 2.05) is 48.3 Å². The van der Waals surface area contributed by atoms with Gasteiger partial charge in [-0.2, -0.15) is 5.10 Å². The van der Waals surface area contributed by atoms with E-state index in [9.17, 15) is 5.11 Å². The number of rotatable bonds is 6. The SMILES string of the molecule is CN(Cc1cc(-c2ccccc2)n[nH]1)C[C@H](O)CO. The van der Waals surface area contributed by atoms with Crippen LogP contribution in [0.3, 0.4) is 0 Å². The van der Waals surface area contributed by atoms with Gasteiger partial charge in [-0.25, -0.2) is 0 Å². The highest BCUT2D eigenvalue weighted by molar-refractivity contribution is 5.58. The molecule has 0 aliphatic rings. The summed E-state index contributed by atoms with van der Waals surface area (Å²) in [5, 5.41) is 25.4. The zero-order valence-electron chi connectivity index (χ0n) is 11.0. The van der Waals surface area contributed by atoms with Gasteiger partial charge in [0.05, 0.1) is 18.4 Å². The summed E-state index contributed by atoms with van der Waals surface area (Å²) in [6.07, 6.45) is -0.707. The molecule has 0 bridgehead atoms. The summed E-state index contributed by atoms with van der Waals surface area (Å²) in [4.78, 5) is 1.93. The van der Waals surface area contributed by atoms with Gasteiger partial charge in [0, 0.05) is 24.3 Å². The van der Waals surface area contributed by atoms with Crippen LogP contribution in [0.15, 0.2) is 36.4 Å². The number of nitrogens with one attached hydrogen (secondary N) is 1. The van der Waals surface area contributed by atoms with Crippen LogP contribution in [0, 0.1) is 0 Å². The maximum absolute atomic E-state index is 9.37. The van der Waals surface area contributed by atoms with E-state index >= 15 is 0 Å². The third kappa shape index (κ3) is 3.89. The normalized spacial score (nSPS) is 12.8. The lowest BCUT2D eigenvalue weighted by atomic mass is 10.1. The summed E-state index contributed by atoms with van der Waals surface area (Å²) in [6.45, 7) is 0.857. The molecule has 1 atom stereocenters. The minimum absolute atomic E-state index is 0.220. The minimum Gasteiger partial charge on any atom is -0.394 e. The standard InChI is InChI=1S/C14H19N3O2/c1-17(9-13(19)10-18)8-12-7-14(16-15-12)11-5-3-2-4-6-11/h2-7,13,18-19H,8-10H2,1H3,(H,15,16)/t13-/m0/s1. The summed E-state index contributed by atoms with van der Waals surface area (Å²) < 4.78 is 0. The molecule has 2 aromatic rings. The van der Waals surface area contributed by atoms with Gasteiger partial charge in [0.1, 0.15) is 0 Å². The van der Waals surface area contributed by atoms with Crippen molar-refractivity contribution in [3.63, 3.8) is 0 Å². The number of aromatic nitrogens is 2. The third-order valence-electron chi connectivity index (χ3n) is 2.87. The zero-order chi connectivity index (χ0) is 13.7. The van der Waals surface area contributed by atoms with E-state index in [1.165, 1.54) is 0 Å². The molecule has 1 aromatic carbocycles. The topological polar surface area (TPSA) is 72.4 Å². The Hall–Kier alpha value is -1.69. The number of hydrogen-bond acceptors (Lipinski definition) is 4. The minimum atomic E-state index is -0.707. The van der Waals surface area contributed by atoms with Gasteiger partial charge >= 0.3 is 0 Å². The number of aliphatic hydroxyl groups excluding tert-OH is 2. The fraction of sp³-hybridized carbons (Fsp3) is 0.357. The van der Waals surface area contributed by atoms with Gasteiger partial charge in [0.2, 0.25) is 0 Å². The van der Waals surface area contributed by atoms with Crippen LogP contribution in [0.25, 0.3) is 11.3 Å². The molecule has 102 valence electrons. The van der Waals surface area contributed by atoms with Crippen molar-refractivity contribution in [2.75, 3.05) is 20.2 Å². The predicted molar refractivity (Wildman–Crippen MR) is 73.5 cm³/mol. The summed E-state index contributed by atoms with van der Waals surface area (Å²) in [7, 11) is 1.89. The Balaban J connectivity index is 1.98. The molecule has 3 N–H and O–H groups in total. The van der Waals surface area contributed by atoms with E-state index in [-0.39, 0.29) is 6.61 Å². The largest absolute Gasteiger partial charge is 0.394 e. The van der Waals surface area contributed by atoms with Crippen molar-refractivity contribution in [2.45, 2.75) is 12.6 Å². The molecule has 5 heteroatoms. The Labute approximate surface area is 112 Å². The van der Waals surface area contributed by atoms with Crippen LogP contribution < -0.4 is 0 Å². The van der Waals surface area contributed by atoms with Crippen LogP contribution in [-0.4, -0.2) is 51.6 Å². The molecule has 0 saturated heterocycles. The van der Waals surface area contributed by atoms with Crippen molar-refractivity contribution in [3.8, 4) is 11.3 Å². The molecule has 1 heterocycles. The number of aliphatic hydroxyl groups is 2. The first kappa shape index (κ1) is 13.7. The van der Waals surface area contributed by atoms with Crippen LogP contribution in [-0.2, 0) is 6.54 Å². The lowest BCUT2D eigenvalue weighted by Crippen LogP contribution is -2.31. The van der Waals surface area contributed by atoms with Gasteiger partial charge in [-0.15, -0.1) is 0 Å². The van der Waals surface area contributed by atoms with E-state index < -0.39 is 6.10 Å². The van der Waals surface area contributed by atoms with Crippen LogP contribution in [0.1, 0.15) is 5.69 Å². The number of likely N-dealkylation sites (N-methyl/N-ethyl adjacent to an activating group) is 1. The highest BCUT2D eigenvalue weighted by Gasteiger charge is 2.09. The lowest BCUT2D eigenvalue weighted by molar-refractivity contribution is 0.0645. The Bertz CT molecular complexity index is 498. The monoisotopic (exact) mass is 261 g/mol. The van der Waals surface area contributed by atoms with E-state index in [0.29, 0.717) is 13.1 Å². The van der Waals surface area contributed by atoms with Gasteiger partial charge in [0.25, 0.3) is 0 Å². The second-order valence-corrected chi connectivity index (χ2v) is 4.68. The summed E-state index contributed by atoms with van der Waals surface area (Å²) in [6, 6.07) is 12.0. The first-order valence-corrected chi connectivity index (χ1v) is 6.26. The number of aromatic amines is 1. The smallest absolute Gasteiger partial charge is 0.0924 e. The molecular weight excluding hydrogens is 242 g/mol. The average Bonchev–Trinajstić information content (AvgIpc) is 2.88. The second kappa shape index (κ2) is 6.47. The molecule has 1 aromatic heterocycles. The molecule has 0 amide bonds. The average molecular weight is 261 g/mol. The molecule has 0 saturated carbocycles. The summed E-state index contributed by atoms with van der Waals surface area (Å²) >= 11 is 0. The second-order valence-electron chi connectivity index (χ2n) is 4.68. The molecule has 0 unspecified atom stereocenters. The predicted octanol–water partition coefficient (Wildman–Crippen LogP) is 0.862. The fourth-order valence-electron chi connectivity index (χ4n) is 1.97. The van der Waals surface area contributed by atoms with Crippen LogP contribution in [0.2, 0.25) is 0 Å². The Kier molecular flexibility index (Phi) is 4.68. The number of hydrogen-bond donors (Lipinski definition) is 3. The molecule has 2 rings (SSSR count). The molecule has 0 radical (unpaired) electrons. The maximum Gasteiger partial charge on any atom is 0.0924 e. The maximum atomic E-state index is 9.37. The number of H-pyrrole nitrogens is 1. The molecule has 0 fully saturated rings. The third-order valence-corrected chi connectivity index (χ3v) is 2.87. The number of benzene rings is 1. The van der Waals surface area contributed by atoms with E-state index in [4.69, 9.17) is 5.11 Å².